The number of aliphatic hydroxyl groups excluding tert-OH is 1. The predicted molar refractivity (Wildman–Crippen MR) is 106 cm³/mol. The minimum Gasteiger partial charge on any atom is -0.507 e. The third-order valence-electron chi connectivity index (χ3n) is 5.84. The molecule has 1 aliphatic heterocycles. The summed E-state index contributed by atoms with van der Waals surface area (Å²) in [6.45, 7) is 9.33. The fraction of sp³-hybridized carbons (Fsp3) is 0.478. The van der Waals surface area contributed by atoms with Gasteiger partial charge in [0, 0.05) is 12.0 Å². The van der Waals surface area contributed by atoms with Crippen LogP contribution in [-0.2, 0) is 24.4 Å². The molecule has 0 bridgehead atoms. The molecule has 2 aromatic rings. The average molecular weight is 370 g/mol. The molecule has 1 heterocycles. The molecule has 0 amide bonds. The van der Waals surface area contributed by atoms with Gasteiger partial charge in [-0.3, -0.25) is 0 Å². The van der Waals surface area contributed by atoms with Gasteiger partial charge < -0.3 is 19.7 Å². The molecule has 0 saturated heterocycles. The van der Waals surface area contributed by atoms with E-state index in [0.717, 1.165) is 58.4 Å². The van der Waals surface area contributed by atoms with Gasteiger partial charge in [0.2, 0.25) is 0 Å². The van der Waals surface area contributed by atoms with Crippen LogP contribution >= 0.6 is 0 Å². The molecule has 4 heteroatoms. The molecule has 4 nitrogen and oxygen atoms in total. The first-order valence-electron chi connectivity index (χ1n) is 9.61. The number of hydrogen-bond donors (Lipinski definition) is 2. The molecule has 0 fully saturated rings. The number of benzene rings is 2. The smallest absolute Gasteiger partial charge is 0.127 e. The monoisotopic (exact) mass is 370 g/mol. The van der Waals surface area contributed by atoms with Crippen molar-refractivity contribution in [3.05, 3.63) is 57.6 Å². The van der Waals surface area contributed by atoms with E-state index in [9.17, 15) is 5.11 Å². The molecule has 0 radical (unpaired) electrons. The van der Waals surface area contributed by atoms with Crippen molar-refractivity contribution in [3.8, 4) is 11.5 Å². The maximum atomic E-state index is 10.3. The van der Waals surface area contributed by atoms with Gasteiger partial charge in [-0.15, -0.1) is 0 Å². The minimum atomic E-state index is -0.256. The van der Waals surface area contributed by atoms with E-state index < -0.39 is 0 Å². The van der Waals surface area contributed by atoms with Gasteiger partial charge in [0.1, 0.15) is 17.1 Å². The zero-order valence-corrected chi connectivity index (χ0v) is 16.8. The highest BCUT2D eigenvalue weighted by molar-refractivity contribution is 5.58. The Kier molecular flexibility index (Phi) is 5.78. The molecule has 0 aliphatic carbocycles. The van der Waals surface area contributed by atoms with Crippen LogP contribution in [0.2, 0.25) is 0 Å². The third kappa shape index (κ3) is 4.12. The Hall–Kier alpha value is -2.04. The van der Waals surface area contributed by atoms with Gasteiger partial charge in [0.25, 0.3) is 0 Å². The minimum absolute atomic E-state index is 0.0639. The maximum Gasteiger partial charge on any atom is 0.127 e. The van der Waals surface area contributed by atoms with Crippen LogP contribution in [0, 0.1) is 20.8 Å². The molecule has 2 N–H and O–H groups in total. The second-order valence-corrected chi connectivity index (χ2v) is 7.86. The van der Waals surface area contributed by atoms with Crippen molar-refractivity contribution >= 4 is 0 Å². The molecule has 3 rings (SSSR count). The second kappa shape index (κ2) is 7.91. The summed E-state index contributed by atoms with van der Waals surface area (Å²) in [6, 6.07) is 7.82. The molecule has 0 aromatic heterocycles. The second-order valence-electron chi connectivity index (χ2n) is 7.86. The number of hydrogen-bond acceptors (Lipinski definition) is 4. The van der Waals surface area contributed by atoms with Crippen LogP contribution in [0.4, 0.5) is 0 Å². The molecule has 2 aromatic carbocycles. The van der Waals surface area contributed by atoms with E-state index in [1.165, 1.54) is 0 Å². The first kappa shape index (κ1) is 19.7. The average Bonchev–Trinajstić information content (AvgIpc) is 2.68. The third-order valence-corrected chi connectivity index (χ3v) is 5.84. The lowest BCUT2D eigenvalue weighted by molar-refractivity contribution is 0.0144. The first-order chi connectivity index (χ1) is 12.8. The van der Waals surface area contributed by atoms with E-state index in [4.69, 9.17) is 14.6 Å². The Morgan fingerprint density at radius 3 is 2.37 bits per heavy atom. The van der Waals surface area contributed by atoms with Crippen molar-refractivity contribution in [2.45, 2.75) is 65.8 Å². The predicted octanol–water partition coefficient (Wildman–Crippen LogP) is 4.50. The molecule has 0 spiro atoms. The summed E-state index contributed by atoms with van der Waals surface area (Å²) in [4.78, 5) is 0. The molecular formula is C23H30O4. The van der Waals surface area contributed by atoms with Crippen LogP contribution in [0.1, 0.15) is 53.1 Å². The largest absolute Gasteiger partial charge is 0.507 e. The zero-order chi connectivity index (χ0) is 19.6. The molecule has 0 saturated carbocycles. The van der Waals surface area contributed by atoms with E-state index in [1.807, 2.05) is 45.0 Å². The van der Waals surface area contributed by atoms with E-state index in [2.05, 4.69) is 6.92 Å². The fourth-order valence-corrected chi connectivity index (χ4v) is 3.69. The molecule has 146 valence electrons. The van der Waals surface area contributed by atoms with Gasteiger partial charge in [-0.1, -0.05) is 24.3 Å². The number of ether oxygens (including phenoxy) is 2. The van der Waals surface area contributed by atoms with Crippen LogP contribution < -0.4 is 4.74 Å². The Labute approximate surface area is 161 Å². The summed E-state index contributed by atoms with van der Waals surface area (Å²) in [5.74, 6) is 1.34. The molecule has 27 heavy (non-hydrogen) atoms. The molecule has 1 unspecified atom stereocenters. The van der Waals surface area contributed by atoms with Gasteiger partial charge >= 0.3 is 0 Å². The summed E-state index contributed by atoms with van der Waals surface area (Å²) in [7, 11) is 0. The number of rotatable bonds is 6. The van der Waals surface area contributed by atoms with Crippen molar-refractivity contribution in [2.24, 2.45) is 0 Å². The number of phenols is 1. The van der Waals surface area contributed by atoms with Gasteiger partial charge in [-0.2, -0.15) is 0 Å². The standard InChI is InChI=1S/C23H30O4/c1-15-16(2)22-20(17(3)21(15)25)9-10-23(4,27-22)11-12-26-14-19-7-5-18(13-24)6-8-19/h5-8,24-25H,9-14H2,1-4H3. The van der Waals surface area contributed by atoms with E-state index in [-0.39, 0.29) is 12.2 Å². The quantitative estimate of drug-likeness (QED) is 0.735. The lowest BCUT2D eigenvalue weighted by Gasteiger charge is -2.38. The lowest BCUT2D eigenvalue weighted by atomic mass is 9.86. The molecule has 1 atom stereocenters. The van der Waals surface area contributed by atoms with Gasteiger partial charge in [-0.25, -0.2) is 0 Å². The number of aromatic hydroxyl groups is 1. The van der Waals surface area contributed by atoms with Crippen LogP contribution in [0.15, 0.2) is 24.3 Å². The zero-order valence-electron chi connectivity index (χ0n) is 16.8. The van der Waals surface area contributed by atoms with E-state index >= 15 is 0 Å². The first-order valence-corrected chi connectivity index (χ1v) is 9.61. The van der Waals surface area contributed by atoms with Crippen molar-refractivity contribution in [1.82, 2.24) is 0 Å². The molecule has 1 aliphatic rings. The molecular weight excluding hydrogens is 340 g/mol. The van der Waals surface area contributed by atoms with Gasteiger partial charge in [-0.05, 0) is 68.4 Å². The Bertz CT molecular complexity index is 810. The summed E-state index contributed by atoms with van der Waals surface area (Å²) in [5, 5.41) is 19.4. The Morgan fingerprint density at radius 2 is 1.70 bits per heavy atom. The van der Waals surface area contributed by atoms with E-state index in [1.54, 1.807) is 0 Å². The van der Waals surface area contributed by atoms with Gasteiger partial charge in [0.15, 0.2) is 0 Å². The van der Waals surface area contributed by atoms with E-state index in [0.29, 0.717) is 19.0 Å². The van der Waals surface area contributed by atoms with Crippen molar-refractivity contribution in [1.29, 1.82) is 0 Å². The Balaban J connectivity index is 1.60. The lowest BCUT2D eigenvalue weighted by Crippen LogP contribution is -2.38. The van der Waals surface area contributed by atoms with Crippen LogP contribution in [0.3, 0.4) is 0 Å². The summed E-state index contributed by atoms with van der Waals surface area (Å²) < 4.78 is 12.3. The van der Waals surface area contributed by atoms with Crippen LogP contribution in [-0.4, -0.2) is 22.4 Å². The number of aliphatic hydroxyl groups is 1. The van der Waals surface area contributed by atoms with Crippen molar-refractivity contribution in [2.75, 3.05) is 6.61 Å². The number of fused-ring (bicyclic) bond motifs is 1. The normalized spacial score (nSPS) is 18.9. The highest BCUT2D eigenvalue weighted by Crippen LogP contribution is 2.44. The van der Waals surface area contributed by atoms with Crippen LogP contribution in [0.25, 0.3) is 0 Å². The highest BCUT2D eigenvalue weighted by Gasteiger charge is 2.34. The number of phenolic OH excluding ortho intramolecular Hbond substituents is 1. The highest BCUT2D eigenvalue weighted by atomic mass is 16.5. The summed E-state index contributed by atoms with van der Waals surface area (Å²) in [6.07, 6.45) is 2.64. The SMILES string of the molecule is Cc1c(C)c2c(c(C)c1O)CCC(C)(CCOCc1ccc(CO)cc1)O2. The van der Waals surface area contributed by atoms with Crippen molar-refractivity contribution < 1.29 is 19.7 Å². The summed E-state index contributed by atoms with van der Waals surface area (Å²) in [5.41, 5.74) is 5.77. The Morgan fingerprint density at radius 1 is 1.04 bits per heavy atom. The fourth-order valence-electron chi connectivity index (χ4n) is 3.69. The topological polar surface area (TPSA) is 58.9 Å². The maximum absolute atomic E-state index is 10.3. The van der Waals surface area contributed by atoms with Gasteiger partial charge in [0.05, 0.1) is 19.8 Å². The van der Waals surface area contributed by atoms with Crippen LogP contribution in [0.5, 0.6) is 11.5 Å². The summed E-state index contributed by atoms with van der Waals surface area (Å²) >= 11 is 0. The van der Waals surface area contributed by atoms with Crippen molar-refractivity contribution in [3.63, 3.8) is 0 Å².